The zero-order valence-corrected chi connectivity index (χ0v) is 23.2. The molecule has 3 fully saturated rings. The van der Waals surface area contributed by atoms with Crippen molar-refractivity contribution in [3.63, 3.8) is 0 Å². The van der Waals surface area contributed by atoms with Gasteiger partial charge in [-0.15, -0.1) is 0 Å². The van der Waals surface area contributed by atoms with Crippen LogP contribution in [0.4, 0.5) is 11.6 Å². The summed E-state index contributed by atoms with van der Waals surface area (Å²) in [4.78, 5) is 45.7. The van der Waals surface area contributed by atoms with Gasteiger partial charge in [0.15, 0.2) is 22.9 Å². The average Bonchev–Trinajstić information content (AvgIpc) is 3.71. The van der Waals surface area contributed by atoms with E-state index in [9.17, 15) is 18.9 Å². The molecule has 8 atom stereocenters. The van der Waals surface area contributed by atoms with Crippen LogP contribution in [0.3, 0.4) is 0 Å². The normalized spacial score (nSPS) is 36.0. The number of aromatic nitrogens is 8. The number of anilines is 2. The van der Waals surface area contributed by atoms with Crippen LogP contribution in [0.15, 0.2) is 25.3 Å². The Morgan fingerprint density at radius 1 is 0.690 bits per heavy atom. The number of rotatable bonds is 2. The van der Waals surface area contributed by atoms with E-state index in [2.05, 4.69) is 29.9 Å². The number of fused-ring (bicyclic) bond motifs is 4. The molecule has 20 nitrogen and oxygen atoms in total. The van der Waals surface area contributed by atoms with Crippen molar-refractivity contribution in [2.75, 3.05) is 24.7 Å². The van der Waals surface area contributed by atoms with Crippen LogP contribution < -0.4 is 11.5 Å². The molecule has 3 aliphatic heterocycles. The van der Waals surface area contributed by atoms with Crippen LogP contribution >= 0.6 is 15.6 Å². The summed E-state index contributed by atoms with van der Waals surface area (Å²) < 4.78 is 62.5. The first kappa shape index (κ1) is 27.7. The average molecular weight is 626 g/mol. The molecule has 7 rings (SSSR count). The second kappa shape index (κ2) is 10.2. The van der Waals surface area contributed by atoms with Crippen molar-refractivity contribution in [3.05, 3.63) is 25.3 Å². The maximum absolute atomic E-state index is 13.0. The summed E-state index contributed by atoms with van der Waals surface area (Å²) in [6.07, 6.45) is -0.598. The summed E-state index contributed by atoms with van der Waals surface area (Å²) in [5, 5.41) is 0. The molecule has 42 heavy (non-hydrogen) atoms. The van der Waals surface area contributed by atoms with Crippen molar-refractivity contribution in [3.8, 4) is 0 Å². The monoisotopic (exact) mass is 626 g/mol. The minimum atomic E-state index is -4.70. The number of nitrogen functional groups attached to an aromatic ring is 2. The van der Waals surface area contributed by atoms with Crippen molar-refractivity contribution in [2.45, 2.75) is 49.7 Å². The highest BCUT2D eigenvalue weighted by Gasteiger charge is 2.47. The summed E-state index contributed by atoms with van der Waals surface area (Å²) in [5.74, 6) is 0.311. The molecule has 0 saturated carbocycles. The van der Waals surface area contributed by atoms with E-state index >= 15 is 0 Å². The Balaban J connectivity index is 1.12. The van der Waals surface area contributed by atoms with E-state index in [0.717, 1.165) is 0 Å². The number of hydrogen-bond acceptors (Lipinski definition) is 16. The van der Waals surface area contributed by atoms with Crippen LogP contribution in [0.2, 0.25) is 0 Å². The minimum Gasteiger partial charge on any atom is -0.382 e. The molecule has 0 radical (unpaired) electrons. The topological polar surface area (TPSA) is 269 Å². The van der Waals surface area contributed by atoms with E-state index in [1.165, 1.54) is 34.4 Å². The van der Waals surface area contributed by atoms with Crippen LogP contribution in [0.1, 0.15) is 25.3 Å². The molecule has 6 N–H and O–H groups in total. The van der Waals surface area contributed by atoms with Gasteiger partial charge in [-0.05, 0) is 0 Å². The van der Waals surface area contributed by atoms with Gasteiger partial charge in [-0.1, -0.05) is 0 Å². The number of imidazole rings is 2. The Morgan fingerprint density at radius 2 is 1.12 bits per heavy atom. The first-order chi connectivity index (χ1) is 20.1. The van der Waals surface area contributed by atoms with Crippen molar-refractivity contribution in [1.29, 1.82) is 0 Å². The van der Waals surface area contributed by atoms with Crippen LogP contribution in [0.5, 0.6) is 0 Å². The summed E-state index contributed by atoms with van der Waals surface area (Å²) >= 11 is 0. The molecule has 0 bridgehead atoms. The standard InChI is InChI=1S/C20H24N10O10P2/c21-17-15-19(25-5-23-17)29(7-27-15)13-1-9-11(37-13)3-35-42(33,34)40-10-2-14(38-12(10)4-36-41(31,32)39-9)30-8-28-16-18(22)24-6-26-20(16)30/h5-14H,1-4H2,(H,31,32)(H,33,34)(H2,21,23,25)(H2,22,24,26)/t9-,10-,11?,12?,13-,14-/m1/s1. The predicted molar refractivity (Wildman–Crippen MR) is 138 cm³/mol. The number of phosphoric acid groups is 2. The number of hydrogen-bond donors (Lipinski definition) is 4. The Hall–Kier alpha value is -3.16. The van der Waals surface area contributed by atoms with Crippen molar-refractivity contribution >= 4 is 49.6 Å². The predicted octanol–water partition coefficient (Wildman–Crippen LogP) is 0.424. The lowest BCUT2D eigenvalue weighted by molar-refractivity contribution is -0.0661. The van der Waals surface area contributed by atoms with Gasteiger partial charge in [0, 0.05) is 12.8 Å². The van der Waals surface area contributed by atoms with E-state index in [4.69, 9.17) is 39.0 Å². The van der Waals surface area contributed by atoms with Gasteiger partial charge in [-0.2, -0.15) is 0 Å². The third kappa shape index (κ3) is 5.05. The van der Waals surface area contributed by atoms with Crippen LogP contribution in [-0.4, -0.2) is 86.5 Å². The second-order valence-electron chi connectivity index (χ2n) is 9.71. The van der Waals surface area contributed by atoms with Gasteiger partial charge >= 0.3 is 15.6 Å². The number of ether oxygens (including phenoxy) is 2. The van der Waals surface area contributed by atoms with E-state index in [0.29, 0.717) is 22.3 Å². The fraction of sp³-hybridized carbons (Fsp3) is 0.500. The van der Waals surface area contributed by atoms with Gasteiger partial charge in [-0.25, -0.2) is 39.0 Å². The van der Waals surface area contributed by atoms with Gasteiger partial charge in [0.25, 0.3) is 0 Å². The Morgan fingerprint density at radius 3 is 1.55 bits per heavy atom. The molecule has 22 heteroatoms. The second-order valence-corrected chi connectivity index (χ2v) is 12.5. The molecule has 0 aromatic carbocycles. The lowest BCUT2D eigenvalue weighted by atomic mass is 10.2. The molecule has 4 aromatic heterocycles. The highest BCUT2D eigenvalue weighted by Crippen LogP contribution is 2.53. The quantitative estimate of drug-likeness (QED) is 0.219. The number of nitrogens with two attached hydrogens (primary N) is 2. The fourth-order valence-corrected chi connectivity index (χ4v) is 7.08. The Bertz CT molecular complexity index is 1630. The van der Waals surface area contributed by atoms with Crippen LogP contribution in [0.25, 0.3) is 22.3 Å². The van der Waals surface area contributed by atoms with Gasteiger partial charge in [0.1, 0.15) is 60.6 Å². The third-order valence-corrected chi connectivity index (χ3v) is 9.12. The maximum Gasteiger partial charge on any atom is 0.472 e. The largest absolute Gasteiger partial charge is 0.472 e. The van der Waals surface area contributed by atoms with Gasteiger partial charge in [-0.3, -0.25) is 27.2 Å². The lowest BCUT2D eigenvalue weighted by Gasteiger charge is -2.26. The van der Waals surface area contributed by atoms with Crippen molar-refractivity contribution < 1.29 is 46.5 Å². The molecule has 4 aromatic rings. The molecular weight excluding hydrogens is 602 g/mol. The lowest BCUT2D eigenvalue weighted by Crippen LogP contribution is -2.32. The number of nitrogens with zero attached hydrogens (tertiary/aromatic N) is 8. The molecule has 4 unspecified atom stereocenters. The van der Waals surface area contributed by atoms with Crippen molar-refractivity contribution in [2.24, 2.45) is 0 Å². The number of phosphoric ester groups is 2. The summed E-state index contributed by atoms with van der Waals surface area (Å²) in [6.45, 7) is -1.05. The smallest absolute Gasteiger partial charge is 0.382 e. The molecule has 224 valence electrons. The summed E-state index contributed by atoms with van der Waals surface area (Å²) in [7, 11) is -9.41. The molecule has 0 amide bonds. The van der Waals surface area contributed by atoms with Crippen LogP contribution in [0, 0.1) is 0 Å². The summed E-state index contributed by atoms with van der Waals surface area (Å²) in [6, 6.07) is 0. The first-order valence-electron chi connectivity index (χ1n) is 12.6. The molecule has 3 aliphatic rings. The highest BCUT2D eigenvalue weighted by atomic mass is 31.2. The van der Waals surface area contributed by atoms with E-state index < -0.39 is 65.7 Å². The van der Waals surface area contributed by atoms with E-state index in [1.54, 1.807) is 0 Å². The molecular formula is C20H24N10O10P2. The van der Waals surface area contributed by atoms with E-state index in [-0.39, 0.29) is 24.5 Å². The molecule has 3 saturated heterocycles. The Labute approximate surface area is 235 Å². The van der Waals surface area contributed by atoms with Crippen LogP contribution in [-0.2, 0) is 36.7 Å². The maximum atomic E-state index is 13.0. The van der Waals surface area contributed by atoms with Crippen molar-refractivity contribution in [1.82, 2.24) is 39.0 Å². The molecule has 0 spiro atoms. The fourth-order valence-electron chi connectivity index (χ4n) is 5.16. The first-order valence-corrected chi connectivity index (χ1v) is 15.5. The SMILES string of the molecule is Nc1ncnc2c1ncn2[C@H]1C[C@H]2OP(=O)(O)OCC3O[C@@H](n4cnc5c(N)ncnc54)C[C@H]3OP(=O)(O)OCC2O1. The molecule has 7 heterocycles. The van der Waals surface area contributed by atoms with Gasteiger partial charge in [0.2, 0.25) is 0 Å². The highest BCUT2D eigenvalue weighted by molar-refractivity contribution is 7.47. The van der Waals surface area contributed by atoms with Gasteiger partial charge < -0.3 is 30.7 Å². The van der Waals surface area contributed by atoms with Gasteiger partial charge in [0.05, 0.1) is 25.9 Å². The third-order valence-electron chi connectivity index (χ3n) is 7.10. The van der Waals surface area contributed by atoms with E-state index in [1.807, 2.05) is 0 Å². The minimum absolute atomic E-state index is 0.0111. The zero-order valence-electron chi connectivity index (χ0n) is 21.4. The molecule has 0 aliphatic carbocycles. The zero-order chi connectivity index (χ0) is 29.2. The summed E-state index contributed by atoms with van der Waals surface area (Å²) in [5.41, 5.74) is 13.1. The Kier molecular flexibility index (Phi) is 6.74.